The van der Waals surface area contributed by atoms with Crippen LogP contribution >= 0.6 is 11.6 Å². The van der Waals surface area contributed by atoms with Crippen LogP contribution in [-0.2, 0) is 0 Å². The summed E-state index contributed by atoms with van der Waals surface area (Å²) in [5.74, 6) is 0.604. The molecule has 0 bridgehead atoms. The van der Waals surface area contributed by atoms with Crippen molar-refractivity contribution >= 4 is 40.4 Å². The number of fused-ring (bicyclic) bond motifs is 2. The van der Waals surface area contributed by atoms with E-state index in [1.54, 1.807) is 11.2 Å². The number of hydrogen-bond acceptors (Lipinski definition) is 3. The van der Waals surface area contributed by atoms with Gasteiger partial charge in [0.1, 0.15) is 0 Å². The molecule has 6 heteroatoms. The van der Waals surface area contributed by atoms with Crippen molar-refractivity contribution in [3.05, 3.63) is 65.6 Å². The molecule has 2 aromatic carbocycles. The molecule has 1 aliphatic heterocycles. The Hall–Kier alpha value is -2.79. The van der Waals surface area contributed by atoms with E-state index >= 15 is 0 Å². The van der Waals surface area contributed by atoms with Crippen LogP contribution in [0.15, 0.2) is 54.9 Å². The molecule has 130 valence electrons. The van der Waals surface area contributed by atoms with Gasteiger partial charge >= 0.3 is 0 Å². The number of hydrogen-bond donors (Lipinski definition) is 0. The molecule has 0 N–H and O–H groups in total. The molecular formula is C20H17ClN4O. The van der Waals surface area contributed by atoms with Crippen LogP contribution in [0.4, 0.5) is 22.9 Å². The molecule has 2 heterocycles. The summed E-state index contributed by atoms with van der Waals surface area (Å²) in [4.78, 5) is 21.9. The lowest BCUT2D eigenvalue weighted by molar-refractivity contribution is 0.0991. The van der Waals surface area contributed by atoms with Gasteiger partial charge in [-0.3, -0.25) is 9.69 Å². The summed E-state index contributed by atoms with van der Waals surface area (Å²) in [6, 6.07) is 15.7. The average molecular weight is 365 g/mol. The first-order chi connectivity index (χ1) is 12.6. The predicted molar refractivity (Wildman–Crippen MR) is 103 cm³/mol. The summed E-state index contributed by atoms with van der Waals surface area (Å²) < 4.78 is 2.03. The molecule has 2 aliphatic rings. The van der Waals surface area contributed by atoms with Crippen molar-refractivity contribution in [2.75, 3.05) is 16.8 Å². The van der Waals surface area contributed by atoms with Crippen LogP contribution in [-0.4, -0.2) is 22.5 Å². The number of halogens is 1. The number of anilines is 4. The van der Waals surface area contributed by atoms with Gasteiger partial charge in [-0.1, -0.05) is 29.8 Å². The van der Waals surface area contributed by atoms with Gasteiger partial charge < -0.3 is 9.47 Å². The highest BCUT2D eigenvalue weighted by atomic mass is 35.5. The van der Waals surface area contributed by atoms with Crippen LogP contribution in [0, 0.1) is 0 Å². The number of nitrogens with zero attached hydrogens (tertiary/aromatic N) is 4. The van der Waals surface area contributed by atoms with Crippen LogP contribution in [0.5, 0.6) is 0 Å². The van der Waals surface area contributed by atoms with Crippen LogP contribution in [0.1, 0.15) is 29.4 Å². The molecule has 3 aromatic rings. The molecule has 0 spiro atoms. The lowest BCUT2D eigenvalue weighted by atomic mass is 10.2. The van der Waals surface area contributed by atoms with E-state index in [0.29, 0.717) is 22.6 Å². The molecule has 0 radical (unpaired) electrons. The number of amides is 1. The number of imidazole rings is 1. The zero-order valence-corrected chi connectivity index (χ0v) is 15.0. The fourth-order valence-electron chi connectivity index (χ4n) is 3.55. The van der Waals surface area contributed by atoms with E-state index in [1.807, 2.05) is 65.0 Å². The summed E-state index contributed by atoms with van der Waals surface area (Å²) >= 11 is 6.28. The lowest BCUT2D eigenvalue weighted by Crippen LogP contribution is -2.27. The smallest absolute Gasteiger partial charge is 0.283 e. The Kier molecular flexibility index (Phi) is 3.34. The molecule has 1 aliphatic carbocycles. The van der Waals surface area contributed by atoms with Gasteiger partial charge in [0.25, 0.3) is 5.91 Å². The third-order valence-corrected chi connectivity index (χ3v) is 5.23. The largest absolute Gasteiger partial charge is 0.326 e. The SMILES string of the molecule is CN1c2ccc(Cl)cc2N(c2ccccc2)C(=O)c2c1ncn2C1CC1. The number of benzene rings is 2. The Balaban J connectivity index is 1.80. The molecule has 0 unspecified atom stereocenters. The Morgan fingerprint density at radius 3 is 2.58 bits per heavy atom. The second-order valence-electron chi connectivity index (χ2n) is 6.72. The maximum Gasteiger partial charge on any atom is 0.283 e. The fraction of sp³-hybridized carbons (Fsp3) is 0.200. The first kappa shape index (κ1) is 15.5. The van der Waals surface area contributed by atoms with Crippen molar-refractivity contribution in [2.24, 2.45) is 0 Å². The second kappa shape index (κ2) is 5.61. The number of aromatic nitrogens is 2. The summed E-state index contributed by atoms with van der Waals surface area (Å²) in [5.41, 5.74) is 3.10. The van der Waals surface area contributed by atoms with Crippen molar-refractivity contribution in [1.82, 2.24) is 9.55 Å². The van der Waals surface area contributed by atoms with E-state index in [1.165, 1.54) is 0 Å². The maximum absolute atomic E-state index is 13.7. The van der Waals surface area contributed by atoms with Gasteiger partial charge in [0.05, 0.1) is 17.7 Å². The van der Waals surface area contributed by atoms with Crippen LogP contribution < -0.4 is 9.80 Å². The average Bonchev–Trinajstić information content (AvgIpc) is 3.41. The molecule has 26 heavy (non-hydrogen) atoms. The Morgan fingerprint density at radius 2 is 1.85 bits per heavy atom. The van der Waals surface area contributed by atoms with E-state index in [-0.39, 0.29) is 5.91 Å². The van der Waals surface area contributed by atoms with Crippen LogP contribution in [0.25, 0.3) is 0 Å². The van der Waals surface area contributed by atoms with Crippen LogP contribution in [0.2, 0.25) is 5.02 Å². The highest BCUT2D eigenvalue weighted by molar-refractivity contribution is 6.31. The van der Waals surface area contributed by atoms with Crippen LogP contribution in [0.3, 0.4) is 0 Å². The molecule has 1 saturated carbocycles. The molecular weight excluding hydrogens is 348 g/mol. The molecule has 1 fully saturated rings. The van der Waals surface area contributed by atoms with Crippen molar-refractivity contribution < 1.29 is 4.79 Å². The van der Waals surface area contributed by atoms with Crippen molar-refractivity contribution in [3.8, 4) is 0 Å². The minimum Gasteiger partial charge on any atom is -0.326 e. The van der Waals surface area contributed by atoms with Gasteiger partial charge in [0.15, 0.2) is 11.5 Å². The second-order valence-corrected chi connectivity index (χ2v) is 7.16. The van der Waals surface area contributed by atoms with Crippen molar-refractivity contribution in [3.63, 3.8) is 0 Å². The monoisotopic (exact) mass is 364 g/mol. The molecule has 0 saturated heterocycles. The Bertz CT molecular complexity index is 1010. The molecule has 5 rings (SSSR count). The Morgan fingerprint density at radius 1 is 1.08 bits per heavy atom. The molecule has 1 aromatic heterocycles. The number of rotatable bonds is 2. The zero-order valence-electron chi connectivity index (χ0n) is 14.3. The van der Waals surface area contributed by atoms with E-state index in [2.05, 4.69) is 4.98 Å². The predicted octanol–water partition coefficient (Wildman–Crippen LogP) is 4.93. The maximum atomic E-state index is 13.7. The van der Waals surface area contributed by atoms with E-state index in [9.17, 15) is 4.79 Å². The first-order valence-corrected chi connectivity index (χ1v) is 9.02. The summed E-state index contributed by atoms with van der Waals surface area (Å²) in [6.45, 7) is 0. The molecule has 1 amide bonds. The normalized spacial score (nSPS) is 16.3. The van der Waals surface area contributed by atoms with Gasteiger partial charge in [0.2, 0.25) is 0 Å². The minimum absolute atomic E-state index is 0.0801. The summed E-state index contributed by atoms with van der Waals surface area (Å²) in [6.07, 6.45) is 3.97. The molecule has 5 nitrogen and oxygen atoms in total. The quantitative estimate of drug-likeness (QED) is 0.647. The highest BCUT2D eigenvalue weighted by Crippen LogP contribution is 2.46. The lowest BCUT2D eigenvalue weighted by Gasteiger charge is -2.25. The fourth-order valence-corrected chi connectivity index (χ4v) is 3.72. The van der Waals surface area contributed by atoms with Gasteiger partial charge in [-0.2, -0.15) is 0 Å². The zero-order chi connectivity index (χ0) is 17.8. The standard InChI is InChI=1S/C20H17ClN4O/c1-23-16-10-7-13(21)11-17(16)25(15-5-3-2-4-6-15)20(26)18-19(23)22-12-24(18)14-8-9-14/h2-7,10-12,14H,8-9H2,1H3. The number of carbonyl (C=O) groups is 1. The third kappa shape index (κ3) is 2.24. The first-order valence-electron chi connectivity index (χ1n) is 8.65. The highest BCUT2D eigenvalue weighted by Gasteiger charge is 2.37. The van der Waals surface area contributed by atoms with E-state index in [4.69, 9.17) is 11.6 Å². The summed E-state index contributed by atoms with van der Waals surface area (Å²) in [7, 11) is 1.94. The molecule has 0 atom stereocenters. The minimum atomic E-state index is -0.0801. The Labute approximate surface area is 156 Å². The van der Waals surface area contributed by atoms with Crippen molar-refractivity contribution in [1.29, 1.82) is 0 Å². The number of para-hydroxylation sites is 1. The van der Waals surface area contributed by atoms with Gasteiger partial charge in [-0.15, -0.1) is 0 Å². The van der Waals surface area contributed by atoms with Crippen molar-refractivity contribution in [2.45, 2.75) is 18.9 Å². The van der Waals surface area contributed by atoms with Gasteiger partial charge in [0, 0.05) is 23.8 Å². The number of carbonyl (C=O) groups excluding carboxylic acids is 1. The third-order valence-electron chi connectivity index (χ3n) is 4.99. The van der Waals surface area contributed by atoms with E-state index in [0.717, 1.165) is 29.9 Å². The van der Waals surface area contributed by atoms with E-state index < -0.39 is 0 Å². The topological polar surface area (TPSA) is 41.4 Å². The van der Waals surface area contributed by atoms with Gasteiger partial charge in [-0.25, -0.2) is 4.98 Å². The van der Waals surface area contributed by atoms with Gasteiger partial charge in [-0.05, 0) is 43.2 Å². The summed E-state index contributed by atoms with van der Waals surface area (Å²) in [5, 5.41) is 0.593.